The van der Waals surface area contributed by atoms with Crippen molar-refractivity contribution < 1.29 is 4.79 Å². The molecule has 1 aromatic heterocycles. The maximum Gasteiger partial charge on any atom is 0.240 e. The molecule has 2 heterocycles. The van der Waals surface area contributed by atoms with Crippen LogP contribution in [0, 0.1) is 13.8 Å². The standard InChI is InChI=1S/C10H14N2OS3/c1-6-7(2)16-10(11-6)12-9(13)8-5-14-3-4-15-8/h8H,3-5H2,1-2H3,(H,11,12,13). The fourth-order valence-electron chi connectivity index (χ4n) is 1.35. The molecule has 1 amide bonds. The molecule has 0 saturated carbocycles. The van der Waals surface area contributed by atoms with Crippen molar-refractivity contribution in [1.29, 1.82) is 0 Å². The molecule has 1 N–H and O–H groups in total. The number of nitrogens with zero attached hydrogens (tertiary/aromatic N) is 1. The molecule has 16 heavy (non-hydrogen) atoms. The lowest BCUT2D eigenvalue weighted by Gasteiger charge is -2.19. The van der Waals surface area contributed by atoms with Gasteiger partial charge in [0.2, 0.25) is 5.91 Å². The van der Waals surface area contributed by atoms with Crippen LogP contribution in [0.25, 0.3) is 0 Å². The molecule has 0 bridgehead atoms. The minimum absolute atomic E-state index is 0.0864. The molecule has 3 nitrogen and oxygen atoms in total. The van der Waals surface area contributed by atoms with Gasteiger partial charge in [0, 0.05) is 22.1 Å². The molecular weight excluding hydrogens is 260 g/mol. The van der Waals surface area contributed by atoms with Crippen molar-refractivity contribution in [2.75, 3.05) is 22.6 Å². The van der Waals surface area contributed by atoms with Gasteiger partial charge in [0.25, 0.3) is 0 Å². The van der Waals surface area contributed by atoms with Crippen molar-refractivity contribution in [2.45, 2.75) is 19.1 Å². The minimum Gasteiger partial charge on any atom is -0.301 e. The zero-order chi connectivity index (χ0) is 11.5. The number of carbonyl (C=O) groups excluding carboxylic acids is 1. The SMILES string of the molecule is Cc1nc(NC(=O)C2CSCCS2)sc1C. The lowest BCUT2D eigenvalue weighted by atomic mass is 10.4. The number of aryl methyl sites for hydroxylation is 2. The summed E-state index contributed by atoms with van der Waals surface area (Å²) in [5.41, 5.74) is 1.01. The Labute approximate surface area is 108 Å². The third-order valence-corrected chi connectivity index (χ3v) is 6.11. The van der Waals surface area contributed by atoms with Crippen molar-refractivity contribution in [3.8, 4) is 0 Å². The van der Waals surface area contributed by atoms with Gasteiger partial charge in [0.1, 0.15) is 0 Å². The lowest BCUT2D eigenvalue weighted by molar-refractivity contribution is -0.115. The molecule has 6 heteroatoms. The molecule has 1 atom stereocenters. The quantitative estimate of drug-likeness (QED) is 0.900. The summed E-state index contributed by atoms with van der Waals surface area (Å²) < 4.78 is 0. The lowest BCUT2D eigenvalue weighted by Crippen LogP contribution is -2.30. The highest BCUT2D eigenvalue weighted by molar-refractivity contribution is 8.07. The van der Waals surface area contributed by atoms with E-state index in [-0.39, 0.29) is 11.2 Å². The summed E-state index contributed by atoms with van der Waals surface area (Å²) in [6.45, 7) is 3.99. The molecule has 1 aliphatic heterocycles. The molecule has 0 aromatic carbocycles. The van der Waals surface area contributed by atoms with Crippen LogP contribution in [0.4, 0.5) is 5.13 Å². The van der Waals surface area contributed by atoms with Crippen LogP contribution in [0.2, 0.25) is 0 Å². The van der Waals surface area contributed by atoms with Crippen molar-refractivity contribution in [3.05, 3.63) is 10.6 Å². The number of anilines is 1. The van der Waals surface area contributed by atoms with Gasteiger partial charge >= 0.3 is 0 Å². The van der Waals surface area contributed by atoms with Crippen molar-refractivity contribution >= 4 is 45.9 Å². The normalized spacial score (nSPS) is 20.8. The predicted molar refractivity (Wildman–Crippen MR) is 73.8 cm³/mol. The number of hydrogen-bond donors (Lipinski definition) is 1. The van der Waals surface area contributed by atoms with E-state index in [4.69, 9.17) is 0 Å². The third kappa shape index (κ3) is 2.93. The van der Waals surface area contributed by atoms with Crippen LogP contribution >= 0.6 is 34.9 Å². The Hall–Kier alpha value is -0.200. The van der Waals surface area contributed by atoms with E-state index >= 15 is 0 Å². The van der Waals surface area contributed by atoms with Gasteiger partial charge < -0.3 is 5.32 Å². The van der Waals surface area contributed by atoms with E-state index in [1.165, 1.54) is 4.88 Å². The van der Waals surface area contributed by atoms with Crippen molar-refractivity contribution in [1.82, 2.24) is 4.98 Å². The van der Waals surface area contributed by atoms with E-state index in [0.29, 0.717) is 0 Å². The second kappa shape index (κ2) is 5.42. The molecule has 0 radical (unpaired) electrons. The second-order valence-electron chi connectivity index (χ2n) is 3.58. The second-order valence-corrected chi connectivity index (χ2v) is 7.25. The maximum atomic E-state index is 11.9. The summed E-state index contributed by atoms with van der Waals surface area (Å²) in [5.74, 6) is 3.24. The third-order valence-electron chi connectivity index (χ3n) is 2.37. The summed E-state index contributed by atoms with van der Waals surface area (Å²) in [5, 5.41) is 3.73. The van der Waals surface area contributed by atoms with E-state index in [1.54, 1.807) is 23.1 Å². The molecule has 1 aromatic rings. The zero-order valence-corrected chi connectivity index (χ0v) is 11.7. The van der Waals surface area contributed by atoms with Gasteiger partial charge in [0.15, 0.2) is 5.13 Å². The van der Waals surface area contributed by atoms with Crippen LogP contribution in [0.5, 0.6) is 0 Å². The molecule has 1 aliphatic rings. The van der Waals surface area contributed by atoms with E-state index in [0.717, 1.165) is 28.1 Å². The van der Waals surface area contributed by atoms with Gasteiger partial charge in [-0.1, -0.05) is 0 Å². The first kappa shape index (κ1) is 12.3. The zero-order valence-electron chi connectivity index (χ0n) is 9.28. The summed E-state index contributed by atoms with van der Waals surface area (Å²) >= 11 is 5.14. The Morgan fingerprint density at radius 3 is 2.81 bits per heavy atom. The minimum atomic E-state index is 0.0864. The van der Waals surface area contributed by atoms with E-state index < -0.39 is 0 Å². The number of thiazole rings is 1. The summed E-state index contributed by atoms with van der Waals surface area (Å²) in [6.07, 6.45) is 0. The molecule has 1 unspecified atom stereocenters. The Bertz CT molecular complexity index is 366. The molecule has 88 valence electrons. The average Bonchev–Trinajstić information content (AvgIpc) is 2.59. The largest absolute Gasteiger partial charge is 0.301 e. The number of rotatable bonds is 2. The van der Waals surface area contributed by atoms with Gasteiger partial charge in [-0.2, -0.15) is 11.8 Å². The summed E-state index contributed by atoms with van der Waals surface area (Å²) in [4.78, 5) is 17.4. The molecular formula is C10H14N2OS3. The molecule has 1 fully saturated rings. The number of nitrogens with one attached hydrogen (secondary N) is 1. The topological polar surface area (TPSA) is 42.0 Å². The average molecular weight is 274 g/mol. The van der Waals surface area contributed by atoms with Gasteiger partial charge in [-0.3, -0.25) is 4.79 Å². The molecule has 0 spiro atoms. The number of carbonyl (C=O) groups is 1. The smallest absolute Gasteiger partial charge is 0.240 e. The monoisotopic (exact) mass is 274 g/mol. The Balaban J connectivity index is 1.95. The van der Waals surface area contributed by atoms with E-state index in [1.807, 2.05) is 25.6 Å². The first-order valence-electron chi connectivity index (χ1n) is 5.11. The van der Waals surface area contributed by atoms with Gasteiger partial charge in [-0.15, -0.1) is 23.1 Å². The Morgan fingerprint density at radius 1 is 1.44 bits per heavy atom. The summed E-state index contributed by atoms with van der Waals surface area (Å²) in [7, 11) is 0. The highest BCUT2D eigenvalue weighted by Gasteiger charge is 2.22. The van der Waals surface area contributed by atoms with Crippen LogP contribution in [0.15, 0.2) is 0 Å². The number of aromatic nitrogens is 1. The van der Waals surface area contributed by atoms with Crippen LogP contribution in [-0.2, 0) is 4.79 Å². The van der Waals surface area contributed by atoms with Crippen LogP contribution < -0.4 is 5.32 Å². The number of amides is 1. The molecule has 1 saturated heterocycles. The van der Waals surface area contributed by atoms with E-state index in [9.17, 15) is 4.79 Å². The first-order valence-corrected chi connectivity index (χ1v) is 8.13. The van der Waals surface area contributed by atoms with Crippen LogP contribution in [0.3, 0.4) is 0 Å². The first-order chi connectivity index (χ1) is 7.66. The summed E-state index contributed by atoms with van der Waals surface area (Å²) in [6, 6.07) is 0. The van der Waals surface area contributed by atoms with Crippen LogP contribution in [0.1, 0.15) is 10.6 Å². The van der Waals surface area contributed by atoms with Gasteiger partial charge in [-0.05, 0) is 13.8 Å². The van der Waals surface area contributed by atoms with Gasteiger partial charge in [0.05, 0.1) is 10.9 Å². The predicted octanol–water partition coefficient (Wildman–Crippen LogP) is 2.55. The fourth-order valence-corrected chi connectivity index (χ4v) is 4.73. The highest BCUT2D eigenvalue weighted by Crippen LogP contribution is 2.26. The molecule has 0 aliphatic carbocycles. The number of hydrogen-bond acceptors (Lipinski definition) is 5. The van der Waals surface area contributed by atoms with Gasteiger partial charge in [-0.25, -0.2) is 4.98 Å². The highest BCUT2D eigenvalue weighted by atomic mass is 32.2. The Kier molecular flexibility index (Phi) is 4.16. The van der Waals surface area contributed by atoms with Crippen molar-refractivity contribution in [2.24, 2.45) is 0 Å². The van der Waals surface area contributed by atoms with Crippen LogP contribution in [-0.4, -0.2) is 33.4 Å². The van der Waals surface area contributed by atoms with Crippen molar-refractivity contribution in [3.63, 3.8) is 0 Å². The fraction of sp³-hybridized carbons (Fsp3) is 0.600. The number of thioether (sulfide) groups is 2. The van der Waals surface area contributed by atoms with E-state index in [2.05, 4.69) is 10.3 Å². The molecule has 2 rings (SSSR count). The Morgan fingerprint density at radius 2 is 2.25 bits per heavy atom. The maximum absolute atomic E-state index is 11.9.